The Kier molecular flexibility index (Phi) is 5.33. The number of nitrogens with one attached hydrogen (secondary N) is 1. The summed E-state index contributed by atoms with van der Waals surface area (Å²) in [7, 11) is 3.74. The fourth-order valence-electron chi connectivity index (χ4n) is 2.28. The molecule has 0 bridgehead atoms. The Morgan fingerprint density at radius 3 is 2.87 bits per heavy atom. The molecule has 0 unspecified atom stereocenters. The lowest BCUT2D eigenvalue weighted by molar-refractivity contribution is 0.146. The van der Waals surface area contributed by atoms with Crippen molar-refractivity contribution < 1.29 is 9.90 Å². The number of hydrogen-bond acceptors (Lipinski definition) is 4. The molecule has 0 spiro atoms. The molecule has 7 nitrogen and oxygen atoms in total. The summed E-state index contributed by atoms with van der Waals surface area (Å²) in [6, 6.07) is 7.77. The molecule has 2 rings (SSSR count). The predicted molar refractivity (Wildman–Crippen MR) is 88.3 cm³/mol. The van der Waals surface area contributed by atoms with Crippen LogP contribution in [0.2, 0.25) is 0 Å². The minimum absolute atomic E-state index is 0.504. The molecule has 0 aromatic heterocycles. The number of aliphatic imine (C=N–C) groups is 1. The molecule has 120 valence electrons. The van der Waals surface area contributed by atoms with Gasteiger partial charge in [-0.3, -0.25) is 5.43 Å². The second-order valence-electron chi connectivity index (χ2n) is 5.39. The van der Waals surface area contributed by atoms with E-state index in [-0.39, 0.29) is 0 Å². The van der Waals surface area contributed by atoms with Crippen molar-refractivity contribution in [3.05, 3.63) is 35.4 Å². The molecule has 0 atom stereocenters. The summed E-state index contributed by atoms with van der Waals surface area (Å²) in [5.74, 6) is 0. The van der Waals surface area contributed by atoms with Gasteiger partial charge >= 0.3 is 6.09 Å². The van der Waals surface area contributed by atoms with Crippen molar-refractivity contribution >= 4 is 23.7 Å². The number of carboxylic acid groups (broad SMARTS) is 1. The average Bonchev–Trinajstić information content (AvgIpc) is 2.53. The summed E-state index contributed by atoms with van der Waals surface area (Å²) in [5.41, 5.74) is 5.57. The molecule has 1 aromatic rings. The van der Waals surface area contributed by atoms with Gasteiger partial charge in [-0.2, -0.15) is 5.26 Å². The third kappa shape index (κ3) is 4.56. The monoisotopic (exact) mass is 313 g/mol. The van der Waals surface area contributed by atoms with E-state index in [0.717, 1.165) is 11.1 Å². The van der Waals surface area contributed by atoms with E-state index < -0.39 is 6.09 Å². The number of benzene rings is 1. The third-order valence-corrected chi connectivity index (χ3v) is 3.38. The largest absolute Gasteiger partial charge is 0.464 e. The van der Waals surface area contributed by atoms with E-state index in [1.54, 1.807) is 11.3 Å². The van der Waals surface area contributed by atoms with Crippen molar-refractivity contribution in [1.82, 2.24) is 15.3 Å². The summed E-state index contributed by atoms with van der Waals surface area (Å²) < 4.78 is 0. The minimum Gasteiger partial charge on any atom is -0.464 e. The number of carbonyl (C=O) groups is 1. The quantitative estimate of drug-likeness (QED) is 0.655. The van der Waals surface area contributed by atoms with Crippen LogP contribution in [0.5, 0.6) is 0 Å². The van der Waals surface area contributed by atoms with Gasteiger partial charge in [0.15, 0.2) is 0 Å². The Morgan fingerprint density at radius 2 is 2.30 bits per heavy atom. The van der Waals surface area contributed by atoms with E-state index in [1.807, 2.05) is 43.3 Å². The van der Waals surface area contributed by atoms with Crippen LogP contribution in [0.15, 0.2) is 29.3 Å². The van der Waals surface area contributed by atoms with Gasteiger partial charge < -0.3 is 10.0 Å². The number of hydrazine groups is 1. The number of amides is 1. The Labute approximate surface area is 135 Å². The summed E-state index contributed by atoms with van der Waals surface area (Å²) in [5, 5.41) is 19.6. The molecular formula is C16H19N5O2. The van der Waals surface area contributed by atoms with Crippen molar-refractivity contribution in [2.75, 3.05) is 27.2 Å². The maximum atomic E-state index is 10.6. The van der Waals surface area contributed by atoms with Gasteiger partial charge in [0.2, 0.25) is 0 Å². The highest BCUT2D eigenvalue weighted by Crippen LogP contribution is 2.27. The van der Waals surface area contributed by atoms with E-state index in [9.17, 15) is 10.1 Å². The van der Waals surface area contributed by atoms with E-state index in [0.29, 0.717) is 30.8 Å². The van der Waals surface area contributed by atoms with Crippen LogP contribution in [0.25, 0.3) is 5.57 Å². The highest BCUT2D eigenvalue weighted by atomic mass is 16.4. The SMILES string of the molecule is CN(C)C=Nc1ccc(C2=CCN(NC(=O)O)CC2)cc1C#N. The highest BCUT2D eigenvalue weighted by molar-refractivity contribution is 5.73. The first kappa shape index (κ1) is 16.5. The van der Waals surface area contributed by atoms with Gasteiger partial charge in [0, 0.05) is 27.2 Å². The predicted octanol–water partition coefficient (Wildman–Crippen LogP) is 2.05. The zero-order valence-electron chi connectivity index (χ0n) is 13.2. The van der Waals surface area contributed by atoms with Crippen LogP contribution in [0.4, 0.5) is 10.5 Å². The molecule has 1 amide bonds. The standard InChI is InChI=1S/C16H19N5O2/c1-20(2)11-18-15-4-3-13(9-14(15)10-17)12-5-7-21(8-6-12)19-16(22)23/h3-5,9,11,19H,6-8H2,1-2H3,(H,22,23). The third-order valence-electron chi connectivity index (χ3n) is 3.38. The van der Waals surface area contributed by atoms with Gasteiger partial charge in [0.05, 0.1) is 17.6 Å². The van der Waals surface area contributed by atoms with Gasteiger partial charge in [-0.05, 0) is 29.7 Å². The lowest BCUT2D eigenvalue weighted by atomic mass is 9.98. The molecule has 0 saturated carbocycles. The van der Waals surface area contributed by atoms with E-state index in [1.165, 1.54) is 0 Å². The van der Waals surface area contributed by atoms with Gasteiger partial charge in [0.25, 0.3) is 0 Å². The van der Waals surface area contributed by atoms with Crippen molar-refractivity contribution in [2.45, 2.75) is 6.42 Å². The normalized spacial score (nSPS) is 15.1. The number of rotatable bonds is 4. The zero-order valence-corrected chi connectivity index (χ0v) is 13.2. The molecule has 23 heavy (non-hydrogen) atoms. The molecule has 1 aliphatic rings. The first-order valence-electron chi connectivity index (χ1n) is 7.18. The van der Waals surface area contributed by atoms with Gasteiger partial charge in [-0.1, -0.05) is 12.1 Å². The van der Waals surface area contributed by atoms with Crippen LogP contribution in [-0.4, -0.2) is 54.6 Å². The van der Waals surface area contributed by atoms with Crippen molar-refractivity contribution in [2.24, 2.45) is 4.99 Å². The average molecular weight is 313 g/mol. The number of nitrogens with zero attached hydrogens (tertiary/aromatic N) is 4. The van der Waals surface area contributed by atoms with E-state index >= 15 is 0 Å². The smallest absolute Gasteiger partial charge is 0.419 e. The Balaban J connectivity index is 2.17. The van der Waals surface area contributed by atoms with Crippen LogP contribution >= 0.6 is 0 Å². The Morgan fingerprint density at radius 1 is 1.52 bits per heavy atom. The molecule has 2 N–H and O–H groups in total. The van der Waals surface area contributed by atoms with Crippen LogP contribution in [0, 0.1) is 11.3 Å². The van der Waals surface area contributed by atoms with Crippen LogP contribution in [-0.2, 0) is 0 Å². The Bertz CT molecular complexity index is 688. The van der Waals surface area contributed by atoms with Gasteiger partial charge in [0.1, 0.15) is 6.07 Å². The van der Waals surface area contributed by atoms with Crippen molar-refractivity contribution in [3.8, 4) is 6.07 Å². The van der Waals surface area contributed by atoms with Crippen molar-refractivity contribution in [1.29, 1.82) is 5.26 Å². The summed E-state index contributed by atoms with van der Waals surface area (Å²) in [6.07, 6.45) is 3.28. The first-order chi connectivity index (χ1) is 11.0. The van der Waals surface area contributed by atoms with Crippen LogP contribution in [0.1, 0.15) is 17.5 Å². The van der Waals surface area contributed by atoms with Gasteiger partial charge in [-0.25, -0.2) is 14.8 Å². The van der Waals surface area contributed by atoms with E-state index in [4.69, 9.17) is 5.11 Å². The zero-order chi connectivity index (χ0) is 16.8. The molecular weight excluding hydrogens is 294 g/mol. The van der Waals surface area contributed by atoms with Crippen LogP contribution in [0.3, 0.4) is 0 Å². The topological polar surface area (TPSA) is 92.0 Å². The number of nitriles is 1. The summed E-state index contributed by atoms with van der Waals surface area (Å²) in [6.45, 7) is 1.10. The fraction of sp³-hybridized carbons (Fsp3) is 0.312. The molecule has 1 heterocycles. The maximum Gasteiger partial charge on any atom is 0.419 e. The number of hydrogen-bond donors (Lipinski definition) is 2. The van der Waals surface area contributed by atoms with Crippen LogP contribution < -0.4 is 5.43 Å². The molecule has 7 heteroatoms. The molecule has 1 aromatic carbocycles. The van der Waals surface area contributed by atoms with Crippen molar-refractivity contribution in [3.63, 3.8) is 0 Å². The summed E-state index contributed by atoms with van der Waals surface area (Å²) >= 11 is 0. The molecule has 0 radical (unpaired) electrons. The lowest BCUT2D eigenvalue weighted by Gasteiger charge is -2.25. The molecule has 0 saturated heterocycles. The maximum absolute atomic E-state index is 10.6. The van der Waals surface area contributed by atoms with E-state index in [2.05, 4.69) is 16.5 Å². The summed E-state index contributed by atoms with van der Waals surface area (Å²) in [4.78, 5) is 16.7. The second kappa shape index (κ2) is 7.42. The fourth-order valence-corrected chi connectivity index (χ4v) is 2.28. The molecule has 1 aliphatic heterocycles. The second-order valence-corrected chi connectivity index (χ2v) is 5.39. The molecule has 0 aliphatic carbocycles. The Hall–Kier alpha value is -2.85. The minimum atomic E-state index is -1.06. The van der Waals surface area contributed by atoms with Gasteiger partial charge in [-0.15, -0.1) is 0 Å². The first-order valence-corrected chi connectivity index (χ1v) is 7.18. The highest BCUT2D eigenvalue weighted by Gasteiger charge is 2.15. The lowest BCUT2D eigenvalue weighted by Crippen LogP contribution is -2.43. The molecule has 0 fully saturated rings.